The Labute approximate surface area is 174 Å². The van der Waals surface area contributed by atoms with Crippen molar-refractivity contribution in [1.82, 2.24) is 10.6 Å². The Kier molecular flexibility index (Phi) is 11.3. The van der Waals surface area contributed by atoms with E-state index in [4.69, 9.17) is 10.5 Å². The molecule has 1 rings (SSSR count). The van der Waals surface area contributed by atoms with Crippen molar-refractivity contribution in [2.24, 2.45) is 10.7 Å². The van der Waals surface area contributed by atoms with Gasteiger partial charge in [0.05, 0.1) is 12.6 Å². The Morgan fingerprint density at radius 3 is 2.42 bits per heavy atom. The van der Waals surface area contributed by atoms with Gasteiger partial charge in [-0.05, 0) is 58.7 Å². The summed E-state index contributed by atoms with van der Waals surface area (Å²) in [6.45, 7) is 11.1. The Balaban J connectivity index is 0.00000625. The lowest BCUT2D eigenvalue weighted by Crippen LogP contribution is -2.45. The fourth-order valence-electron chi connectivity index (χ4n) is 2.28. The third kappa shape index (κ3) is 10.5. The van der Waals surface area contributed by atoms with Gasteiger partial charge in [-0.2, -0.15) is 0 Å². The molecule has 1 aromatic rings. The molecule has 0 aliphatic heterocycles. The summed E-state index contributed by atoms with van der Waals surface area (Å²) in [5, 5.41) is 6.09. The lowest BCUT2D eigenvalue weighted by molar-refractivity contribution is -0.121. The number of hydrogen-bond donors (Lipinski definition) is 3. The van der Waals surface area contributed by atoms with E-state index in [9.17, 15) is 4.79 Å². The maximum Gasteiger partial charge on any atom is 0.220 e. The SMILES string of the molecule is CCOc1ccc(C(C)NC(=O)CCCN=C(N)NC(C)(C)C)cc1.I. The first-order chi connectivity index (χ1) is 11.7. The average Bonchev–Trinajstić information content (AvgIpc) is 2.51. The minimum absolute atomic E-state index is 0. The quantitative estimate of drug-likeness (QED) is 0.232. The van der Waals surface area contributed by atoms with Crippen LogP contribution >= 0.6 is 24.0 Å². The maximum atomic E-state index is 12.0. The molecule has 0 saturated carbocycles. The summed E-state index contributed by atoms with van der Waals surface area (Å²) >= 11 is 0. The van der Waals surface area contributed by atoms with Crippen molar-refractivity contribution in [3.63, 3.8) is 0 Å². The monoisotopic (exact) mass is 476 g/mol. The molecule has 0 aliphatic rings. The van der Waals surface area contributed by atoms with Crippen molar-refractivity contribution in [2.75, 3.05) is 13.2 Å². The van der Waals surface area contributed by atoms with Crippen molar-refractivity contribution in [2.45, 2.75) is 59.0 Å². The molecular formula is C19H33IN4O2. The molecule has 0 heterocycles. The van der Waals surface area contributed by atoms with Gasteiger partial charge in [0.15, 0.2) is 5.96 Å². The molecule has 0 saturated heterocycles. The van der Waals surface area contributed by atoms with Crippen LogP contribution in [0.25, 0.3) is 0 Å². The van der Waals surface area contributed by atoms with E-state index >= 15 is 0 Å². The smallest absolute Gasteiger partial charge is 0.220 e. The number of benzene rings is 1. The van der Waals surface area contributed by atoms with Crippen LogP contribution in [0.15, 0.2) is 29.3 Å². The van der Waals surface area contributed by atoms with E-state index in [1.54, 1.807) is 0 Å². The van der Waals surface area contributed by atoms with Crippen LogP contribution < -0.4 is 21.1 Å². The van der Waals surface area contributed by atoms with Gasteiger partial charge < -0.3 is 21.1 Å². The van der Waals surface area contributed by atoms with Gasteiger partial charge in [-0.3, -0.25) is 9.79 Å². The molecule has 0 aliphatic carbocycles. The fourth-order valence-corrected chi connectivity index (χ4v) is 2.28. The van der Waals surface area contributed by atoms with Crippen molar-refractivity contribution >= 4 is 35.8 Å². The number of halogens is 1. The van der Waals surface area contributed by atoms with Gasteiger partial charge in [0.2, 0.25) is 5.91 Å². The number of guanidine groups is 1. The molecule has 6 nitrogen and oxygen atoms in total. The summed E-state index contributed by atoms with van der Waals surface area (Å²) in [4.78, 5) is 16.3. The molecule has 1 aromatic carbocycles. The van der Waals surface area contributed by atoms with Crippen LogP contribution in [0.2, 0.25) is 0 Å². The Hall–Kier alpha value is -1.51. The highest BCUT2D eigenvalue weighted by molar-refractivity contribution is 14.0. The molecule has 4 N–H and O–H groups in total. The number of aliphatic imine (C=N–C) groups is 1. The molecule has 148 valence electrons. The number of carbonyl (C=O) groups excluding carboxylic acids is 1. The van der Waals surface area contributed by atoms with Crippen LogP contribution in [0.5, 0.6) is 5.75 Å². The van der Waals surface area contributed by atoms with E-state index in [1.165, 1.54) is 0 Å². The summed E-state index contributed by atoms with van der Waals surface area (Å²) in [5.41, 5.74) is 6.73. The zero-order valence-corrected chi connectivity index (χ0v) is 18.8. The van der Waals surface area contributed by atoms with Crippen LogP contribution in [0.4, 0.5) is 0 Å². The fraction of sp³-hybridized carbons (Fsp3) is 0.579. The van der Waals surface area contributed by atoms with Gasteiger partial charge >= 0.3 is 0 Å². The number of ether oxygens (including phenoxy) is 1. The van der Waals surface area contributed by atoms with Gasteiger partial charge in [-0.25, -0.2) is 0 Å². The standard InChI is InChI=1S/C19H32N4O2.HI/c1-6-25-16-11-9-15(10-12-16)14(2)22-17(24)8-7-13-21-18(20)23-19(3,4)5;/h9-12,14H,6-8,13H2,1-5H3,(H,22,24)(H3,20,21,23);1H. The summed E-state index contributed by atoms with van der Waals surface area (Å²) in [5.74, 6) is 1.26. The number of rotatable bonds is 8. The van der Waals surface area contributed by atoms with E-state index in [-0.39, 0.29) is 41.5 Å². The van der Waals surface area contributed by atoms with Crippen molar-refractivity contribution in [3.05, 3.63) is 29.8 Å². The summed E-state index contributed by atoms with van der Waals surface area (Å²) < 4.78 is 5.42. The first-order valence-corrected chi connectivity index (χ1v) is 8.81. The lowest BCUT2D eigenvalue weighted by Gasteiger charge is -2.21. The van der Waals surface area contributed by atoms with Gasteiger partial charge in [0.1, 0.15) is 5.75 Å². The minimum atomic E-state index is -0.113. The lowest BCUT2D eigenvalue weighted by atomic mass is 10.1. The molecule has 26 heavy (non-hydrogen) atoms. The molecule has 1 unspecified atom stereocenters. The number of nitrogens with one attached hydrogen (secondary N) is 2. The molecule has 0 fully saturated rings. The normalized spacial score (nSPS) is 12.7. The molecule has 1 atom stereocenters. The number of carbonyl (C=O) groups is 1. The predicted molar refractivity (Wildman–Crippen MR) is 118 cm³/mol. The maximum absolute atomic E-state index is 12.0. The predicted octanol–water partition coefficient (Wildman–Crippen LogP) is 3.36. The zero-order chi connectivity index (χ0) is 18.9. The molecular weight excluding hydrogens is 443 g/mol. The van der Waals surface area contributed by atoms with Crippen molar-refractivity contribution in [1.29, 1.82) is 0 Å². The summed E-state index contributed by atoms with van der Waals surface area (Å²) in [6, 6.07) is 7.74. The molecule has 7 heteroatoms. The van der Waals surface area contributed by atoms with E-state index in [1.807, 2.05) is 58.9 Å². The number of nitrogens with two attached hydrogens (primary N) is 1. The van der Waals surface area contributed by atoms with Crippen LogP contribution in [0.3, 0.4) is 0 Å². The molecule has 0 aromatic heterocycles. The van der Waals surface area contributed by atoms with Crippen LogP contribution in [-0.4, -0.2) is 30.6 Å². The Bertz CT molecular complexity index is 568. The van der Waals surface area contributed by atoms with Crippen molar-refractivity contribution < 1.29 is 9.53 Å². The third-order valence-electron chi connectivity index (χ3n) is 3.42. The van der Waals surface area contributed by atoms with E-state index < -0.39 is 0 Å². The highest BCUT2D eigenvalue weighted by Gasteiger charge is 2.11. The van der Waals surface area contributed by atoms with Crippen LogP contribution in [0, 0.1) is 0 Å². The first-order valence-electron chi connectivity index (χ1n) is 8.81. The van der Waals surface area contributed by atoms with E-state index in [2.05, 4.69) is 15.6 Å². The van der Waals surface area contributed by atoms with Crippen LogP contribution in [0.1, 0.15) is 59.1 Å². The highest BCUT2D eigenvalue weighted by Crippen LogP contribution is 2.17. The zero-order valence-electron chi connectivity index (χ0n) is 16.5. The van der Waals surface area contributed by atoms with E-state index in [0.717, 1.165) is 11.3 Å². The Morgan fingerprint density at radius 2 is 1.88 bits per heavy atom. The second kappa shape index (κ2) is 12.0. The van der Waals surface area contributed by atoms with Gasteiger partial charge in [0, 0.05) is 18.5 Å². The first kappa shape index (κ1) is 24.5. The minimum Gasteiger partial charge on any atom is -0.494 e. The van der Waals surface area contributed by atoms with Gasteiger partial charge in [0.25, 0.3) is 0 Å². The van der Waals surface area contributed by atoms with Gasteiger partial charge in [-0.1, -0.05) is 12.1 Å². The van der Waals surface area contributed by atoms with Gasteiger partial charge in [-0.15, -0.1) is 24.0 Å². The largest absolute Gasteiger partial charge is 0.494 e. The summed E-state index contributed by atoms with van der Waals surface area (Å²) in [6.07, 6.45) is 1.09. The number of amides is 1. The second-order valence-electron chi connectivity index (χ2n) is 7.04. The number of hydrogen-bond acceptors (Lipinski definition) is 3. The average molecular weight is 476 g/mol. The number of nitrogens with zero attached hydrogens (tertiary/aromatic N) is 1. The highest BCUT2D eigenvalue weighted by atomic mass is 127. The topological polar surface area (TPSA) is 88.7 Å². The molecule has 0 spiro atoms. The molecule has 1 amide bonds. The second-order valence-corrected chi connectivity index (χ2v) is 7.04. The molecule has 0 bridgehead atoms. The Morgan fingerprint density at radius 1 is 1.27 bits per heavy atom. The van der Waals surface area contributed by atoms with Crippen molar-refractivity contribution in [3.8, 4) is 5.75 Å². The summed E-state index contributed by atoms with van der Waals surface area (Å²) in [7, 11) is 0. The third-order valence-corrected chi connectivity index (χ3v) is 3.42. The molecule has 0 radical (unpaired) electrons. The van der Waals surface area contributed by atoms with Crippen LogP contribution in [-0.2, 0) is 4.79 Å². The van der Waals surface area contributed by atoms with E-state index in [0.29, 0.717) is 32.0 Å².